The van der Waals surface area contributed by atoms with E-state index >= 15 is 0 Å². The summed E-state index contributed by atoms with van der Waals surface area (Å²) in [5.74, 6) is -1.14. The number of aliphatic hydroxyl groups is 1. The third-order valence-electron chi connectivity index (χ3n) is 9.84. The van der Waals surface area contributed by atoms with Crippen LogP contribution in [-0.4, -0.2) is 79.0 Å². The van der Waals surface area contributed by atoms with E-state index in [-0.39, 0.29) is 24.7 Å². The Labute approximate surface area is 224 Å². The summed E-state index contributed by atoms with van der Waals surface area (Å²) in [6, 6.07) is -0.829. The Hall–Kier alpha value is -2.04. The van der Waals surface area contributed by atoms with Crippen molar-refractivity contribution in [1.29, 1.82) is 0 Å². The van der Waals surface area contributed by atoms with Gasteiger partial charge in [-0.25, -0.2) is 4.79 Å². The molecule has 9 heteroatoms. The molecule has 1 unspecified atom stereocenters. The minimum absolute atomic E-state index is 0.0995. The number of cyclic esters (lactones) is 1. The van der Waals surface area contributed by atoms with Gasteiger partial charge in [0.25, 0.3) is 0 Å². The molecule has 0 aromatic carbocycles. The van der Waals surface area contributed by atoms with E-state index < -0.39 is 52.7 Å². The number of carbonyl (C=O) groups is 2. The molecule has 1 saturated carbocycles. The number of ether oxygens (including phenoxy) is 5. The highest BCUT2D eigenvalue weighted by molar-refractivity contribution is 5.82. The molecule has 38 heavy (non-hydrogen) atoms. The van der Waals surface area contributed by atoms with Crippen molar-refractivity contribution in [2.75, 3.05) is 19.8 Å². The minimum atomic E-state index is -0.829. The number of allylic oxidation sites excluding steroid dienone is 3. The van der Waals surface area contributed by atoms with Gasteiger partial charge in [-0.1, -0.05) is 43.7 Å². The summed E-state index contributed by atoms with van der Waals surface area (Å²) < 4.78 is 30.7. The molecule has 10 atom stereocenters. The summed E-state index contributed by atoms with van der Waals surface area (Å²) in [5.41, 5.74) is 5.72. The van der Waals surface area contributed by atoms with Crippen LogP contribution in [0.2, 0.25) is 0 Å². The fourth-order valence-electron chi connectivity index (χ4n) is 7.07. The van der Waals surface area contributed by atoms with Crippen LogP contribution in [0.15, 0.2) is 36.0 Å². The molecule has 2 bridgehead atoms. The summed E-state index contributed by atoms with van der Waals surface area (Å²) in [5, 5.41) is 10.1. The zero-order valence-electron chi connectivity index (χ0n) is 22.8. The first kappa shape index (κ1) is 27.5. The Morgan fingerprint density at radius 3 is 2.66 bits per heavy atom. The monoisotopic (exact) mass is 531 g/mol. The average molecular weight is 532 g/mol. The standard InChI is InChI=1S/C29H41NO8/c1-17-9-11-28-15-35-26(33)25(30)18(2)10-12-34-20(19(3)31)7-5-6-8-24(32)38-21-14-23(37-22(28)13-17)29(16-36-29)27(21,28)4/h5-8,13,18-23,25,31H,9-12,14-16,30H2,1-4H3/b7-5+,8-6-/t18-,19-,20-,21-,22-,23-,25?,27-,28-,29+/m1/s1. The Bertz CT molecular complexity index is 1030. The molecular weight excluding hydrogens is 490 g/mol. The highest BCUT2D eigenvalue weighted by atomic mass is 16.6. The number of rotatable bonds is 1. The third-order valence-corrected chi connectivity index (χ3v) is 9.84. The third kappa shape index (κ3) is 4.36. The zero-order valence-corrected chi connectivity index (χ0v) is 22.8. The van der Waals surface area contributed by atoms with Gasteiger partial charge >= 0.3 is 11.9 Å². The second-order valence-electron chi connectivity index (χ2n) is 12.0. The Morgan fingerprint density at radius 2 is 1.95 bits per heavy atom. The lowest BCUT2D eigenvalue weighted by atomic mass is 9.51. The normalized spacial score (nSPS) is 48.0. The van der Waals surface area contributed by atoms with Crippen molar-refractivity contribution in [3.8, 4) is 0 Å². The van der Waals surface area contributed by atoms with Gasteiger partial charge in [0.05, 0.1) is 30.3 Å². The van der Waals surface area contributed by atoms with E-state index in [0.29, 0.717) is 32.5 Å². The molecule has 3 aliphatic heterocycles. The predicted molar refractivity (Wildman–Crippen MR) is 138 cm³/mol. The van der Waals surface area contributed by atoms with Crippen LogP contribution in [0, 0.1) is 16.7 Å². The van der Waals surface area contributed by atoms with Crippen LogP contribution in [0.4, 0.5) is 0 Å². The summed E-state index contributed by atoms with van der Waals surface area (Å²) in [7, 11) is 0. The summed E-state index contributed by atoms with van der Waals surface area (Å²) in [6.45, 7) is 8.65. The van der Waals surface area contributed by atoms with E-state index in [0.717, 1.165) is 6.42 Å². The van der Waals surface area contributed by atoms with Crippen molar-refractivity contribution in [3.05, 3.63) is 36.0 Å². The van der Waals surface area contributed by atoms with Gasteiger partial charge in [0.1, 0.15) is 30.5 Å². The smallest absolute Gasteiger partial charge is 0.331 e. The molecule has 3 heterocycles. The first-order valence-electron chi connectivity index (χ1n) is 13.8. The predicted octanol–water partition coefficient (Wildman–Crippen LogP) is 2.36. The van der Waals surface area contributed by atoms with Crippen molar-refractivity contribution < 1.29 is 38.4 Å². The molecule has 210 valence electrons. The van der Waals surface area contributed by atoms with E-state index in [1.165, 1.54) is 11.6 Å². The van der Waals surface area contributed by atoms with Gasteiger partial charge in [-0.3, -0.25) is 4.79 Å². The van der Waals surface area contributed by atoms with Crippen molar-refractivity contribution >= 4 is 11.9 Å². The first-order valence-corrected chi connectivity index (χ1v) is 13.8. The van der Waals surface area contributed by atoms with Crippen LogP contribution in [0.3, 0.4) is 0 Å². The van der Waals surface area contributed by atoms with Crippen molar-refractivity contribution in [3.63, 3.8) is 0 Å². The largest absolute Gasteiger partial charge is 0.464 e. The summed E-state index contributed by atoms with van der Waals surface area (Å²) in [6.07, 6.45) is 8.73. The Balaban J connectivity index is 1.51. The number of epoxide rings is 1. The van der Waals surface area contributed by atoms with Crippen molar-refractivity contribution in [2.24, 2.45) is 22.5 Å². The lowest BCUT2D eigenvalue weighted by Crippen LogP contribution is -2.67. The van der Waals surface area contributed by atoms with E-state index in [4.69, 9.17) is 29.4 Å². The van der Waals surface area contributed by atoms with E-state index in [1.807, 2.05) is 6.92 Å². The van der Waals surface area contributed by atoms with Gasteiger partial charge < -0.3 is 34.5 Å². The number of hydrogen-bond donors (Lipinski definition) is 2. The topological polar surface area (TPSA) is 130 Å². The summed E-state index contributed by atoms with van der Waals surface area (Å²) >= 11 is 0. The molecule has 3 N–H and O–H groups in total. The molecule has 9 nitrogen and oxygen atoms in total. The molecule has 2 aliphatic carbocycles. The Morgan fingerprint density at radius 1 is 1.18 bits per heavy atom. The SMILES string of the molecule is CC1=C[C@H]2O[C@@H]3C[C@H]4OC(=O)/C=C\C=C\[C@H]([C@@H](C)O)OCC[C@@H](C)C(N)C(=O)OC[C@@]2(CC1)[C@]4(C)[C@]31CO1. The van der Waals surface area contributed by atoms with Crippen LogP contribution in [0.1, 0.15) is 53.4 Å². The Kier molecular flexibility index (Phi) is 7.37. The van der Waals surface area contributed by atoms with Gasteiger partial charge in [-0.2, -0.15) is 0 Å². The highest BCUT2D eigenvalue weighted by Crippen LogP contribution is 2.72. The van der Waals surface area contributed by atoms with Gasteiger partial charge in [-0.05, 0) is 39.0 Å². The maximum absolute atomic E-state index is 13.2. The maximum Gasteiger partial charge on any atom is 0.331 e. The van der Waals surface area contributed by atoms with Gasteiger partial charge in [0, 0.05) is 24.5 Å². The first-order chi connectivity index (χ1) is 18.0. The number of carbonyl (C=O) groups excluding carboxylic acids is 2. The van der Waals surface area contributed by atoms with E-state index in [9.17, 15) is 14.7 Å². The number of hydrogen-bond acceptors (Lipinski definition) is 9. The molecular formula is C29H41NO8. The van der Waals surface area contributed by atoms with Crippen LogP contribution in [0.5, 0.6) is 0 Å². The number of nitrogens with two attached hydrogens (primary N) is 1. The molecule has 2 saturated heterocycles. The number of aliphatic hydroxyl groups excluding tert-OH is 1. The average Bonchev–Trinajstić information content (AvgIpc) is 3.65. The quantitative estimate of drug-likeness (QED) is 0.297. The molecule has 0 amide bonds. The van der Waals surface area contributed by atoms with Crippen LogP contribution in [-0.2, 0) is 33.3 Å². The molecule has 0 radical (unpaired) electrons. The molecule has 0 aromatic heterocycles. The van der Waals surface area contributed by atoms with Crippen LogP contribution >= 0.6 is 0 Å². The lowest BCUT2D eigenvalue weighted by molar-refractivity contribution is -0.233. The van der Waals surface area contributed by atoms with E-state index in [2.05, 4.69) is 19.9 Å². The van der Waals surface area contributed by atoms with Gasteiger partial charge in [0.15, 0.2) is 0 Å². The second kappa shape index (κ2) is 10.2. The molecule has 3 fully saturated rings. The molecule has 2 spiro atoms. The minimum Gasteiger partial charge on any atom is -0.464 e. The maximum atomic E-state index is 13.2. The molecule has 5 aliphatic rings. The molecule has 0 aromatic rings. The van der Waals surface area contributed by atoms with Gasteiger partial charge in [-0.15, -0.1) is 0 Å². The second-order valence-corrected chi connectivity index (χ2v) is 12.0. The zero-order chi connectivity index (χ0) is 27.3. The van der Waals surface area contributed by atoms with Crippen molar-refractivity contribution in [2.45, 2.75) is 95.5 Å². The lowest BCUT2D eigenvalue weighted by Gasteiger charge is -2.58. The van der Waals surface area contributed by atoms with Gasteiger partial charge in [0.2, 0.25) is 0 Å². The van der Waals surface area contributed by atoms with Crippen LogP contribution in [0.25, 0.3) is 0 Å². The number of esters is 2. The highest BCUT2D eigenvalue weighted by Gasteiger charge is 2.83. The summed E-state index contributed by atoms with van der Waals surface area (Å²) in [4.78, 5) is 26.2. The molecule has 5 rings (SSSR count). The van der Waals surface area contributed by atoms with E-state index in [1.54, 1.807) is 25.2 Å². The fraction of sp³-hybridized carbons (Fsp3) is 0.724. The fourth-order valence-corrected chi connectivity index (χ4v) is 7.07. The van der Waals surface area contributed by atoms with Crippen molar-refractivity contribution in [1.82, 2.24) is 0 Å². The van der Waals surface area contributed by atoms with Crippen LogP contribution < -0.4 is 5.73 Å².